The van der Waals surface area contributed by atoms with Crippen LogP contribution in [0.5, 0.6) is 0 Å². The van der Waals surface area contributed by atoms with Gasteiger partial charge in [0.1, 0.15) is 6.10 Å². The summed E-state index contributed by atoms with van der Waals surface area (Å²) in [6.45, 7) is 22.5. The van der Waals surface area contributed by atoms with Gasteiger partial charge in [0.25, 0.3) is 0 Å². The molecule has 10 unspecified atom stereocenters. The van der Waals surface area contributed by atoms with Gasteiger partial charge >= 0.3 is 17.9 Å². The summed E-state index contributed by atoms with van der Waals surface area (Å²) >= 11 is 0. The average Bonchev–Trinajstić information content (AvgIpc) is 2.29. The molecule has 8 saturated carbocycles. The SMILES string of the molecule is CC(=O)O[C@]1(C(C)=O)CCC2C3C(CC[C@@]21C)[C@@]1(C)CCC(=O)C=C1C1O[C@H]13.CC(=O)O[C@]1(C(C)=O)CCC2C3C=CC4=CC(=O)CC[C@]4(C)C3CC[C@@]21C.CC(=O)O[C@]1(C(C)=O)CCC2C3CCC4=CC(=O)CC[C@]4(C)C3CC[C@@]21C. The first kappa shape index (κ1) is 59.1. The van der Waals surface area contributed by atoms with Crippen molar-refractivity contribution in [3.8, 4) is 0 Å². The van der Waals surface area contributed by atoms with Crippen LogP contribution in [0.3, 0.4) is 0 Å². The number of allylic oxidation sites excluding steroid dienone is 5. The largest absolute Gasteiger partial charge is 0.451 e. The van der Waals surface area contributed by atoms with Gasteiger partial charge in [0.15, 0.2) is 51.5 Å². The summed E-state index contributed by atoms with van der Waals surface area (Å²) in [6, 6.07) is 0. The smallest absolute Gasteiger partial charge is 0.303 e. The first-order valence-corrected chi connectivity index (χ1v) is 31.6. The lowest BCUT2D eigenvalue weighted by molar-refractivity contribution is -0.187. The Morgan fingerprint density at radius 2 is 0.890 bits per heavy atom. The molecule has 1 aliphatic heterocycles. The van der Waals surface area contributed by atoms with Gasteiger partial charge in [-0.05, 0) is 229 Å². The summed E-state index contributed by atoms with van der Waals surface area (Å²) in [5, 5.41) is 0. The van der Waals surface area contributed by atoms with Crippen LogP contribution in [-0.4, -0.2) is 81.6 Å². The van der Waals surface area contributed by atoms with Gasteiger partial charge < -0.3 is 18.9 Å². The summed E-state index contributed by atoms with van der Waals surface area (Å²) in [7, 11) is 0. The number of ketones is 6. The van der Waals surface area contributed by atoms with Crippen LogP contribution < -0.4 is 0 Å². The van der Waals surface area contributed by atoms with Gasteiger partial charge in [0.2, 0.25) is 0 Å². The molecular weight excluding hydrogens is 1040 g/mol. The first-order chi connectivity index (χ1) is 38.4. The summed E-state index contributed by atoms with van der Waals surface area (Å²) in [4.78, 5) is 110. The van der Waals surface area contributed by atoms with Gasteiger partial charge in [-0.15, -0.1) is 0 Å². The van der Waals surface area contributed by atoms with Gasteiger partial charge in [-0.1, -0.05) is 59.3 Å². The zero-order chi connectivity index (χ0) is 59.3. The zero-order valence-corrected chi connectivity index (χ0v) is 51.2. The van der Waals surface area contributed by atoms with Crippen molar-refractivity contribution in [3.05, 3.63) is 47.1 Å². The number of carbonyl (C=O) groups excluding carboxylic acids is 9. The van der Waals surface area contributed by atoms with Crippen LogP contribution in [0.1, 0.15) is 212 Å². The van der Waals surface area contributed by atoms with E-state index in [0.717, 1.165) is 89.9 Å². The minimum absolute atomic E-state index is 0.00650. The highest BCUT2D eigenvalue weighted by atomic mass is 16.6. The van der Waals surface area contributed by atoms with Crippen molar-refractivity contribution in [1.82, 2.24) is 0 Å². The van der Waals surface area contributed by atoms with Crippen molar-refractivity contribution in [3.63, 3.8) is 0 Å². The van der Waals surface area contributed by atoms with E-state index in [1.54, 1.807) is 20.8 Å². The third kappa shape index (κ3) is 8.35. The molecule has 0 N–H and O–H groups in total. The van der Waals surface area contributed by atoms with E-state index in [0.29, 0.717) is 91.8 Å². The molecule has 1 saturated heterocycles. The molecule has 13 aliphatic rings. The van der Waals surface area contributed by atoms with Crippen LogP contribution in [0.25, 0.3) is 0 Å². The number of carbonyl (C=O) groups is 9. The maximum Gasteiger partial charge on any atom is 0.303 e. The molecule has 0 aromatic rings. The quantitative estimate of drug-likeness (QED) is 0.139. The number of fused-ring (bicyclic) bond motifs is 18. The van der Waals surface area contributed by atoms with E-state index in [2.05, 4.69) is 53.7 Å². The maximum absolute atomic E-state index is 12.8. The number of epoxide rings is 1. The molecule has 12 aliphatic carbocycles. The topological polar surface area (TPSA) is 194 Å². The maximum atomic E-state index is 12.8. The van der Waals surface area contributed by atoms with Crippen molar-refractivity contribution in [2.75, 3.05) is 0 Å². The van der Waals surface area contributed by atoms with Gasteiger partial charge in [0, 0.05) is 56.3 Å². The summed E-state index contributed by atoms with van der Waals surface area (Å²) < 4.78 is 23.6. The standard InChI is InChI=1S/C23H30O5.C23H32O4.C23H30O4/c1-12(24)23(28-13(2)25)10-7-16-18-15(6-9-22(16,23)4)21(3)8-5-14(26)11-17(21)19-20(18)27-19;2*1-14(24)23(27-15(2)25)12-9-20-18-6-5-16-13-17(26)7-10-21(16,3)19(18)8-11-22(20,23)4/h11,15-16,18-20H,5-10H2,1-4H3;13,18-20H,5-12H2,1-4H3;5-6,13,18-20H,7-12H2,1-4H3/t15?,16?,18?,19?,20-,21+,22-,23-;2*18?,19?,20?,21-,22-,23-/m000/s1. The Bertz CT molecular complexity index is 2940. The average molecular weight is 1130 g/mol. The van der Waals surface area contributed by atoms with E-state index in [1.807, 2.05) is 18.2 Å². The van der Waals surface area contributed by atoms with Crippen molar-refractivity contribution in [2.24, 2.45) is 85.8 Å². The predicted octanol–water partition coefficient (Wildman–Crippen LogP) is 12.0. The molecule has 0 bridgehead atoms. The van der Waals surface area contributed by atoms with E-state index in [1.165, 1.54) is 37.5 Å². The molecule has 446 valence electrons. The lowest BCUT2D eigenvalue weighted by Crippen LogP contribution is -2.59. The molecular formula is C69H92O13. The summed E-state index contributed by atoms with van der Waals surface area (Å²) in [5.74, 6) is 3.50. The van der Waals surface area contributed by atoms with Crippen molar-refractivity contribution < 1.29 is 62.1 Å². The molecule has 13 nitrogen and oxygen atoms in total. The number of hydrogen-bond donors (Lipinski definition) is 0. The van der Waals surface area contributed by atoms with E-state index < -0.39 is 16.8 Å². The highest BCUT2D eigenvalue weighted by molar-refractivity contribution is 5.94. The first-order valence-electron chi connectivity index (χ1n) is 31.6. The zero-order valence-electron chi connectivity index (χ0n) is 51.2. The molecule has 0 amide bonds. The third-order valence-electron chi connectivity index (χ3n) is 26.7. The second-order valence-corrected chi connectivity index (χ2v) is 29.8. The lowest BCUT2D eigenvalue weighted by Gasteiger charge is -2.59. The molecule has 13 rings (SSSR count). The Morgan fingerprint density at radius 3 is 1.44 bits per heavy atom. The van der Waals surface area contributed by atoms with Crippen LogP contribution >= 0.6 is 0 Å². The highest BCUT2D eigenvalue weighted by Crippen LogP contribution is 2.73. The second-order valence-electron chi connectivity index (χ2n) is 29.8. The molecule has 82 heavy (non-hydrogen) atoms. The number of rotatable bonds is 6. The normalized spacial score (nSPS) is 47.6. The Hall–Kier alpha value is -4.65. The van der Waals surface area contributed by atoms with Crippen LogP contribution in [0.4, 0.5) is 0 Å². The molecule has 0 spiro atoms. The molecule has 20 atom stereocenters. The minimum Gasteiger partial charge on any atom is -0.451 e. The van der Waals surface area contributed by atoms with Gasteiger partial charge in [0.05, 0.1) is 6.10 Å². The van der Waals surface area contributed by atoms with Crippen molar-refractivity contribution in [1.29, 1.82) is 0 Å². The molecule has 0 radical (unpaired) electrons. The van der Waals surface area contributed by atoms with Gasteiger partial charge in [-0.2, -0.15) is 0 Å². The van der Waals surface area contributed by atoms with E-state index in [9.17, 15) is 43.2 Å². The Labute approximate surface area is 486 Å². The van der Waals surface area contributed by atoms with E-state index in [4.69, 9.17) is 18.9 Å². The number of ether oxygens (including phenoxy) is 4. The lowest BCUT2D eigenvalue weighted by atomic mass is 9.46. The van der Waals surface area contributed by atoms with E-state index >= 15 is 0 Å². The molecule has 1 heterocycles. The third-order valence-corrected chi connectivity index (χ3v) is 26.7. The van der Waals surface area contributed by atoms with Crippen LogP contribution in [0.2, 0.25) is 0 Å². The van der Waals surface area contributed by atoms with Gasteiger partial charge in [-0.3, -0.25) is 43.2 Å². The Kier molecular flexibility index (Phi) is 14.4. The summed E-state index contributed by atoms with van der Waals surface area (Å²) in [6.07, 6.45) is 27.4. The molecule has 0 aromatic carbocycles. The van der Waals surface area contributed by atoms with Gasteiger partial charge in [-0.25, -0.2) is 0 Å². The van der Waals surface area contributed by atoms with Crippen LogP contribution in [0.15, 0.2) is 47.1 Å². The van der Waals surface area contributed by atoms with Crippen LogP contribution in [0, 0.1) is 85.8 Å². The monoisotopic (exact) mass is 1130 g/mol. The predicted molar refractivity (Wildman–Crippen MR) is 305 cm³/mol. The fraction of sp³-hybridized carbons (Fsp3) is 0.754. The fourth-order valence-corrected chi connectivity index (χ4v) is 22.6. The van der Waals surface area contributed by atoms with Crippen LogP contribution in [-0.2, 0) is 62.1 Å². The molecule has 13 heteroatoms. The number of hydrogen-bond acceptors (Lipinski definition) is 13. The number of Topliss-reactive ketones (excluding diaryl/α,β-unsaturated/α-hetero) is 3. The molecule has 9 fully saturated rings. The minimum atomic E-state index is -1.00. The Morgan fingerprint density at radius 1 is 0.451 bits per heavy atom. The highest BCUT2D eigenvalue weighted by Gasteiger charge is 2.74. The van der Waals surface area contributed by atoms with Crippen molar-refractivity contribution in [2.45, 2.75) is 241 Å². The van der Waals surface area contributed by atoms with Crippen molar-refractivity contribution >= 4 is 52.6 Å². The fourth-order valence-electron chi connectivity index (χ4n) is 22.6. The number of esters is 3. The second kappa shape index (κ2) is 20.0. The Balaban J connectivity index is 0.000000129. The van der Waals surface area contributed by atoms with E-state index in [-0.39, 0.29) is 97.3 Å². The summed E-state index contributed by atoms with van der Waals surface area (Å²) in [5.41, 5.74) is 0.0666. The molecule has 0 aromatic heterocycles.